The molecule has 3 aromatic heterocycles. The number of anilines is 4. The van der Waals surface area contributed by atoms with E-state index < -0.39 is 18.5 Å². The number of alkyl halides is 2. The summed E-state index contributed by atoms with van der Waals surface area (Å²) in [5, 5.41) is 24.5. The van der Waals surface area contributed by atoms with E-state index >= 15 is 0 Å². The largest absolute Gasteiger partial charge is 0.434 e. The van der Waals surface area contributed by atoms with Crippen molar-refractivity contribution < 1.29 is 23.0 Å². The third-order valence-corrected chi connectivity index (χ3v) is 5.71. The molecule has 0 radical (unpaired) electrons. The fourth-order valence-electron chi connectivity index (χ4n) is 4.16. The van der Waals surface area contributed by atoms with Gasteiger partial charge in [0.25, 0.3) is 0 Å². The third kappa shape index (κ3) is 4.41. The standard InChI is InChI=1S/C22H23F3N8O2/c1-13(15-10-14(23)2-3-18(15)35-22(24)25)29-19-4-6-32-21(30-19)17(12-27-32)31-7-5-26-20-16(31)11-28-33(20)8-9-34/h2-4,6,10-13,22,26,34H,5,7-9H2,1H3,(H,29,30). The zero-order chi connectivity index (χ0) is 24.5. The second-order valence-corrected chi connectivity index (χ2v) is 7.94. The summed E-state index contributed by atoms with van der Waals surface area (Å²) in [5.41, 5.74) is 2.39. The molecule has 0 spiro atoms. The van der Waals surface area contributed by atoms with Crippen LogP contribution >= 0.6 is 0 Å². The summed E-state index contributed by atoms with van der Waals surface area (Å²) in [5.74, 6) is 0.573. The molecule has 1 atom stereocenters. The molecular weight excluding hydrogens is 465 g/mol. The topological polar surface area (TPSA) is 105 Å². The first-order valence-electron chi connectivity index (χ1n) is 11.0. The van der Waals surface area contributed by atoms with Gasteiger partial charge in [-0.1, -0.05) is 0 Å². The molecule has 0 saturated carbocycles. The number of halogens is 3. The summed E-state index contributed by atoms with van der Waals surface area (Å²) in [6.07, 6.45) is 5.15. The first-order chi connectivity index (χ1) is 16.9. The lowest BCUT2D eigenvalue weighted by Gasteiger charge is -2.28. The molecule has 1 aliphatic rings. The highest BCUT2D eigenvalue weighted by molar-refractivity contribution is 5.82. The molecular formula is C22H23F3N8O2. The molecule has 1 aliphatic heterocycles. The Hall–Kier alpha value is -4.00. The number of nitrogens with zero attached hydrogens (tertiary/aromatic N) is 6. The van der Waals surface area contributed by atoms with Crippen molar-refractivity contribution in [2.45, 2.75) is 26.1 Å². The maximum absolute atomic E-state index is 13.9. The first kappa shape index (κ1) is 22.8. The van der Waals surface area contributed by atoms with E-state index in [1.807, 2.05) is 4.90 Å². The molecule has 1 aromatic carbocycles. The van der Waals surface area contributed by atoms with Gasteiger partial charge in [-0.05, 0) is 31.2 Å². The van der Waals surface area contributed by atoms with E-state index in [4.69, 9.17) is 0 Å². The maximum Gasteiger partial charge on any atom is 0.387 e. The van der Waals surface area contributed by atoms with Crippen LogP contribution in [0.3, 0.4) is 0 Å². The number of ether oxygens (including phenoxy) is 1. The molecule has 13 heteroatoms. The van der Waals surface area contributed by atoms with Crippen LogP contribution in [0.25, 0.3) is 5.65 Å². The van der Waals surface area contributed by atoms with Crippen LogP contribution in [0.2, 0.25) is 0 Å². The summed E-state index contributed by atoms with van der Waals surface area (Å²) in [6.45, 7) is 0.313. The SMILES string of the molecule is CC(Nc1ccn2ncc(N3CCNc4c3cnn4CCO)c2n1)c1cc(F)ccc1OC(F)F. The molecule has 5 rings (SSSR count). The van der Waals surface area contributed by atoms with Gasteiger partial charge in [0.15, 0.2) is 5.65 Å². The Kier molecular flexibility index (Phi) is 6.07. The number of hydrogen-bond acceptors (Lipinski definition) is 8. The van der Waals surface area contributed by atoms with E-state index in [0.29, 0.717) is 31.1 Å². The van der Waals surface area contributed by atoms with Crippen molar-refractivity contribution in [3.63, 3.8) is 0 Å². The summed E-state index contributed by atoms with van der Waals surface area (Å²) < 4.78 is 47.4. The van der Waals surface area contributed by atoms with Crippen molar-refractivity contribution in [2.75, 3.05) is 35.2 Å². The van der Waals surface area contributed by atoms with Crippen LogP contribution in [-0.4, -0.2) is 55.8 Å². The fraction of sp³-hybridized carbons (Fsp3) is 0.318. The Bertz CT molecular complexity index is 1340. The van der Waals surface area contributed by atoms with Gasteiger partial charge in [-0.3, -0.25) is 0 Å². The lowest BCUT2D eigenvalue weighted by atomic mass is 10.1. The number of aromatic nitrogens is 5. The maximum atomic E-state index is 13.9. The van der Waals surface area contributed by atoms with Crippen LogP contribution in [0.5, 0.6) is 5.75 Å². The minimum atomic E-state index is -3.03. The van der Waals surface area contributed by atoms with Gasteiger partial charge in [-0.2, -0.15) is 19.0 Å². The number of hydrogen-bond donors (Lipinski definition) is 3. The number of nitrogens with one attached hydrogen (secondary N) is 2. The predicted octanol–water partition coefficient (Wildman–Crippen LogP) is 3.40. The molecule has 35 heavy (non-hydrogen) atoms. The van der Waals surface area contributed by atoms with Crippen LogP contribution in [0.4, 0.5) is 36.2 Å². The smallest absolute Gasteiger partial charge is 0.387 e. The highest BCUT2D eigenvalue weighted by Crippen LogP contribution is 2.36. The molecule has 4 aromatic rings. The molecule has 1 unspecified atom stereocenters. The molecule has 0 bridgehead atoms. The van der Waals surface area contributed by atoms with Crippen molar-refractivity contribution in [1.29, 1.82) is 0 Å². The van der Waals surface area contributed by atoms with Gasteiger partial charge >= 0.3 is 6.61 Å². The second-order valence-electron chi connectivity index (χ2n) is 7.94. The van der Waals surface area contributed by atoms with Gasteiger partial charge in [0, 0.05) is 24.8 Å². The van der Waals surface area contributed by atoms with Gasteiger partial charge in [0.1, 0.15) is 34.6 Å². The predicted molar refractivity (Wildman–Crippen MR) is 123 cm³/mol. The molecule has 10 nitrogen and oxygen atoms in total. The molecule has 0 saturated heterocycles. The third-order valence-electron chi connectivity index (χ3n) is 5.71. The Morgan fingerprint density at radius 1 is 1.20 bits per heavy atom. The van der Waals surface area contributed by atoms with Crippen LogP contribution in [-0.2, 0) is 6.54 Å². The van der Waals surface area contributed by atoms with Crippen molar-refractivity contribution in [2.24, 2.45) is 0 Å². The van der Waals surface area contributed by atoms with E-state index in [9.17, 15) is 18.3 Å². The molecule has 0 fully saturated rings. The van der Waals surface area contributed by atoms with Crippen LogP contribution in [0.1, 0.15) is 18.5 Å². The lowest BCUT2D eigenvalue weighted by Crippen LogP contribution is -2.30. The van der Waals surface area contributed by atoms with E-state index in [2.05, 4.69) is 30.6 Å². The van der Waals surface area contributed by atoms with Gasteiger partial charge < -0.3 is 25.4 Å². The van der Waals surface area contributed by atoms with E-state index in [1.54, 1.807) is 40.8 Å². The highest BCUT2D eigenvalue weighted by Gasteiger charge is 2.25. The fourth-order valence-corrected chi connectivity index (χ4v) is 4.16. The molecule has 3 N–H and O–H groups in total. The summed E-state index contributed by atoms with van der Waals surface area (Å²) in [4.78, 5) is 6.72. The summed E-state index contributed by atoms with van der Waals surface area (Å²) >= 11 is 0. The average Bonchev–Trinajstić information content (AvgIpc) is 3.44. The summed E-state index contributed by atoms with van der Waals surface area (Å²) in [6, 6.07) is 4.52. The summed E-state index contributed by atoms with van der Waals surface area (Å²) in [7, 11) is 0. The van der Waals surface area contributed by atoms with Gasteiger partial charge in [-0.25, -0.2) is 18.6 Å². The zero-order valence-electron chi connectivity index (χ0n) is 18.7. The van der Waals surface area contributed by atoms with E-state index in [-0.39, 0.29) is 17.9 Å². The number of fused-ring (bicyclic) bond motifs is 2. The Morgan fingerprint density at radius 2 is 2.03 bits per heavy atom. The van der Waals surface area contributed by atoms with Crippen LogP contribution < -0.4 is 20.3 Å². The van der Waals surface area contributed by atoms with Gasteiger partial charge in [0.2, 0.25) is 0 Å². The monoisotopic (exact) mass is 488 g/mol. The number of rotatable bonds is 8. The Labute approximate surface area is 197 Å². The highest BCUT2D eigenvalue weighted by atomic mass is 19.3. The average molecular weight is 488 g/mol. The van der Waals surface area contributed by atoms with E-state index in [1.165, 1.54) is 6.07 Å². The Morgan fingerprint density at radius 3 is 2.83 bits per heavy atom. The van der Waals surface area contributed by atoms with Crippen molar-refractivity contribution >= 4 is 28.7 Å². The molecule has 184 valence electrons. The molecule has 0 aliphatic carbocycles. The number of aliphatic hydroxyl groups is 1. The Balaban J connectivity index is 1.45. The van der Waals surface area contributed by atoms with E-state index in [0.717, 1.165) is 29.3 Å². The van der Waals surface area contributed by atoms with Crippen molar-refractivity contribution in [1.82, 2.24) is 24.4 Å². The normalized spacial score (nSPS) is 14.2. The van der Waals surface area contributed by atoms with Gasteiger partial charge in [0.05, 0.1) is 31.6 Å². The van der Waals surface area contributed by atoms with Crippen LogP contribution in [0.15, 0.2) is 42.9 Å². The number of aliphatic hydroxyl groups excluding tert-OH is 1. The molecule has 4 heterocycles. The number of benzene rings is 1. The van der Waals surface area contributed by atoms with Crippen LogP contribution in [0, 0.1) is 5.82 Å². The van der Waals surface area contributed by atoms with Gasteiger partial charge in [-0.15, -0.1) is 0 Å². The zero-order valence-corrected chi connectivity index (χ0v) is 18.7. The second kappa shape index (κ2) is 9.33. The quantitative estimate of drug-likeness (QED) is 0.347. The minimum absolute atomic E-state index is 0.0311. The first-order valence-corrected chi connectivity index (χ1v) is 11.0. The minimum Gasteiger partial charge on any atom is -0.434 e. The molecule has 0 amide bonds. The van der Waals surface area contributed by atoms with Crippen molar-refractivity contribution in [3.8, 4) is 5.75 Å². The van der Waals surface area contributed by atoms with Crippen molar-refractivity contribution in [3.05, 3.63) is 54.2 Å². The lowest BCUT2D eigenvalue weighted by molar-refractivity contribution is -0.0505.